The third-order valence-electron chi connectivity index (χ3n) is 3.23. The van der Waals surface area contributed by atoms with Crippen molar-refractivity contribution in [3.63, 3.8) is 0 Å². The molecule has 0 saturated carbocycles. The van der Waals surface area contributed by atoms with Crippen LogP contribution in [0.15, 0.2) is 53.4 Å². The van der Waals surface area contributed by atoms with Crippen LogP contribution in [0.2, 0.25) is 0 Å². The van der Waals surface area contributed by atoms with Crippen LogP contribution in [0.5, 0.6) is 0 Å². The van der Waals surface area contributed by atoms with E-state index in [0.29, 0.717) is 28.0 Å². The molecule has 0 aliphatic heterocycles. The highest BCUT2D eigenvalue weighted by molar-refractivity contribution is 7.99. The Kier molecular flexibility index (Phi) is 7.64. The minimum absolute atomic E-state index is 0.0500. The van der Waals surface area contributed by atoms with Crippen LogP contribution < -0.4 is 10.6 Å². The predicted molar refractivity (Wildman–Crippen MR) is 100 cm³/mol. The first-order chi connectivity index (χ1) is 13.0. The van der Waals surface area contributed by atoms with Gasteiger partial charge in [0.15, 0.2) is 6.61 Å². The molecule has 0 saturated heterocycles. The number of esters is 1. The summed E-state index contributed by atoms with van der Waals surface area (Å²) in [7, 11) is 0. The van der Waals surface area contributed by atoms with Crippen molar-refractivity contribution in [2.24, 2.45) is 0 Å². The Morgan fingerprint density at radius 3 is 2.52 bits per heavy atom. The number of halogens is 2. The van der Waals surface area contributed by atoms with Gasteiger partial charge >= 0.3 is 5.97 Å². The third-order valence-corrected chi connectivity index (χ3v) is 3.95. The number of carbonyl (C=O) groups is 2. The average Bonchev–Trinajstić information content (AvgIpc) is 2.66. The number of hydrogen-bond donors (Lipinski definition) is 2. The Hall–Kier alpha value is -3.05. The van der Waals surface area contributed by atoms with E-state index in [-0.39, 0.29) is 12.1 Å². The average molecular weight is 390 g/mol. The molecule has 140 valence electrons. The zero-order valence-electron chi connectivity index (χ0n) is 14.1. The van der Waals surface area contributed by atoms with Crippen LogP contribution in [0.1, 0.15) is 10.4 Å². The Labute approximate surface area is 159 Å². The van der Waals surface area contributed by atoms with Crippen molar-refractivity contribution >= 4 is 35.0 Å². The predicted octanol–water partition coefficient (Wildman–Crippen LogP) is 3.65. The number of nitrogens with one attached hydrogen (secondary N) is 2. The molecule has 1 amide bonds. The van der Waals surface area contributed by atoms with Crippen LogP contribution >= 0.6 is 11.8 Å². The molecule has 2 rings (SSSR count). The standard InChI is InChI=1S/C19H16F2N2O3S/c1-2-11-22-17(24)12-26-18(25)15-5-3-4-6-16(15)23-13-7-9-14(10-8-13)27-19(20)21/h1,3-10,19,23H,11-12H2,(H,22,24). The molecule has 0 spiro atoms. The second-order valence-corrected chi connectivity index (χ2v) is 6.19. The Morgan fingerprint density at radius 1 is 1.15 bits per heavy atom. The second kappa shape index (κ2) is 10.2. The van der Waals surface area contributed by atoms with Gasteiger partial charge in [-0.15, -0.1) is 6.42 Å². The Bertz CT molecular complexity index is 836. The molecule has 0 heterocycles. The fourth-order valence-corrected chi connectivity index (χ4v) is 2.55. The van der Waals surface area contributed by atoms with Crippen LogP contribution in [-0.4, -0.2) is 30.8 Å². The van der Waals surface area contributed by atoms with Gasteiger partial charge in [0.25, 0.3) is 11.7 Å². The van der Waals surface area contributed by atoms with Gasteiger partial charge in [0.05, 0.1) is 17.8 Å². The molecule has 0 atom stereocenters. The summed E-state index contributed by atoms with van der Waals surface area (Å²) in [5, 5.41) is 5.42. The summed E-state index contributed by atoms with van der Waals surface area (Å²) in [4.78, 5) is 24.1. The fourth-order valence-electron chi connectivity index (χ4n) is 2.05. The van der Waals surface area contributed by atoms with Crippen LogP contribution in [0.3, 0.4) is 0 Å². The number of para-hydroxylation sites is 1. The topological polar surface area (TPSA) is 67.4 Å². The van der Waals surface area contributed by atoms with Gasteiger partial charge < -0.3 is 15.4 Å². The SMILES string of the molecule is C#CCNC(=O)COC(=O)c1ccccc1Nc1ccc(SC(F)F)cc1. The molecular formula is C19H16F2N2O3S. The smallest absolute Gasteiger partial charge is 0.340 e. The van der Waals surface area contributed by atoms with E-state index < -0.39 is 24.2 Å². The van der Waals surface area contributed by atoms with Gasteiger partial charge in [0, 0.05) is 10.6 Å². The van der Waals surface area contributed by atoms with E-state index in [1.807, 2.05) is 0 Å². The number of rotatable bonds is 8. The molecule has 0 aromatic heterocycles. The lowest BCUT2D eigenvalue weighted by Crippen LogP contribution is -2.29. The largest absolute Gasteiger partial charge is 0.452 e. The lowest BCUT2D eigenvalue weighted by molar-refractivity contribution is -0.123. The summed E-state index contributed by atoms with van der Waals surface area (Å²) in [5.74, 6) is -1.43. The number of thioether (sulfide) groups is 1. The number of benzene rings is 2. The van der Waals surface area contributed by atoms with Crippen molar-refractivity contribution in [3.05, 3.63) is 54.1 Å². The van der Waals surface area contributed by atoms with E-state index in [1.165, 1.54) is 0 Å². The molecule has 27 heavy (non-hydrogen) atoms. The number of ether oxygens (including phenoxy) is 1. The van der Waals surface area contributed by atoms with E-state index in [2.05, 4.69) is 16.6 Å². The highest BCUT2D eigenvalue weighted by atomic mass is 32.2. The lowest BCUT2D eigenvalue weighted by atomic mass is 10.1. The number of terminal acetylenes is 1. The van der Waals surface area contributed by atoms with Crippen LogP contribution in [0.25, 0.3) is 0 Å². The molecule has 0 aliphatic carbocycles. The molecule has 0 fully saturated rings. The van der Waals surface area contributed by atoms with Crippen molar-refractivity contribution in [3.8, 4) is 12.3 Å². The molecule has 8 heteroatoms. The first kappa shape index (κ1) is 20.3. The van der Waals surface area contributed by atoms with Crippen LogP contribution in [-0.2, 0) is 9.53 Å². The Morgan fingerprint density at radius 2 is 1.85 bits per heavy atom. The van der Waals surface area contributed by atoms with Crippen molar-refractivity contribution in [1.82, 2.24) is 5.32 Å². The maximum absolute atomic E-state index is 12.4. The Balaban J connectivity index is 2.03. The number of anilines is 2. The number of carbonyl (C=O) groups excluding carboxylic acids is 2. The molecule has 2 N–H and O–H groups in total. The van der Waals surface area contributed by atoms with Gasteiger partial charge in [-0.3, -0.25) is 4.79 Å². The normalized spacial score (nSPS) is 10.1. The fraction of sp³-hybridized carbons (Fsp3) is 0.158. The molecule has 0 unspecified atom stereocenters. The summed E-state index contributed by atoms with van der Waals surface area (Å²) < 4.78 is 29.7. The van der Waals surface area contributed by atoms with Gasteiger partial charge in [0.2, 0.25) is 0 Å². The zero-order valence-corrected chi connectivity index (χ0v) is 14.9. The van der Waals surface area contributed by atoms with Gasteiger partial charge in [0.1, 0.15) is 0 Å². The van der Waals surface area contributed by atoms with Gasteiger partial charge in [-0.25, -0.2) is 4.79 Å². The maximum Gasteiger partial charge on any atom is 0.340 e. The minimum Gasteiger partial charge on any atom is -0.452 e. The summed E-state index contributed by atoms with van der Waals surface area (Å²) in [6, 6.07) is 12.9. The maximum atomic E-state index is 12.4. The molecule has 0 aliphatic rings. The van der Waals surface area contributed by atoms with E-state index >= 15 is 0 Å². The summed E-state index contributed by atoms with van der Waals surface area (Å²) in [6.45, 7) is -0.400. The minimum atomic E-state index is -2.49. The highest BCUT2D eigenvalue weighted by Crippen LogP contribution is 2.28. The third kappa shape index (κ3) is 6.64. The van der Waals surface area contributed by atoms with E-state index in [0.717, 1.165) is 0 Å². The first-order valence-electron chi connectivity index (χ1n) is 7.78. The van der Waals surface area contributed by atoms with Gasteiger partial charge in [-0.1, -0.05) is 29.8 Å². The number of hydrogen-bond acceptors (Lipinski definition) is 5. The lowest BCUT2D eigenvalue weighted by Gasteiger charge is -2.12. The summed E-state index contributed by atoms with van der Waals surface area (Å²) in [5.41, 5.74) is 1.30. The quantitative estimate of drug-likeness (QED) is 0.409. The summed E-state index contributed by atoms with van der Waals surface area (Å²) in [6.07, 6.45) is 5.03. The van der Waals surface area contributed by atoms with Gasteiger partial charge in [-0.2, -0.15) is 8.78 Å². The monoisotopic (exact) mass is 390 g/mol. The van der Waals surface area contributed by atoms with Gasteiger partial charge in [-0.05, 0) is 36.4 Å². The van der Waals surface area contributed by atoms with E-state index in [1.54, 1.807) is 48.5 Å². The molecule has 0 bridgehead atoms. The van der Waals surface area contributed by atoms with Crippen molar-refractivity contribution in [1.29, 1.82) is 0 Å². The summed E-state index contributed by atoms with van der Waals surface area (Å²) >= 11 is 0.451. The van der Waals surface area contributed by atoms with Crippen LogP contribution in [0.4, 0.5) is 20.2 Å². The molecular weight excluding hydrogens is 374 g/mol. The first-order valence-corrected chi connectivity index (χ1v) is 8.66. The van der Waals surface area contributed by atoms with E-state index in [9.17, 15) is 18.4 Å². The second-order valence-electron chi connectivity index (χ2n) is 5.13. The molecule has 2 aromatic rings. The van der Waals surface area contributed by atoms with Crippen molar-refractivity contribution in [2.75, 3.05) is 18.5 Å². The number of alkyl halides is 2. The zero-order chi connectivity index (χ0) is 19.6. The van der Waals surface area contributed by atoms with Crippen molar-refractivity contribution in [2.45, 2.75) is 10.7 Å². The van der Waals surface area contributed by atoms with Crippen LogP contribution in [0, 0.1) is 12.3 Å². The van der Waals surface area contributed by atoms with Crippen molar-refractivity contribution < 1.29 is 23.1 Å². The molecule has 2 aromatic carbocycles. The highest BCUT2D eigenvalue weighted by Gasteiger charge is 2.14. The molecule has 0 radical (unpaired) electrons. The van der Waals surface area contributed by atoms with E-state index in [4.69, 9.17) is 11.2 Å². The number of amides is 1. The molecule has 5 nitrogen and oxygen atoms in total.